The van der Waals surface area contributed by atoms with Gasteiger partial charge in [0.25, 0.3) is 5.56 Å². The number of aromatic nitrogens is 5. The van der Waals surface area contributed by atoms with Gasteiger partial charge in [0.2, 0.25) is 5.95 Å². The monoisotopic (exact) mass is 497 g/mol. The van der Waals surface area contributed by atoms with E-state index in [0.717, 1.165) is 30.0 Å². The second kappa shape index (κ2) is 9.59. The highest BCUT2D eigenvalue weighted by molar-refractivity contribution is 5.77. The summed E-state index contributed by atoms with van der Waals surface area (Å²) in [5, 5.41) is 7.45. The Morgan fingerprint density at radius 3 is 2.76 bits per heavy atom. The first-order chi connectivity index (χ1) is 17.7. The van der Waals surface area contributed by atoms with Gasteiger partial charge in [-0.05, 0) is 54.3 Å². The van der Waals surface area contributed by atoms with E-state index in [0.29, 0.717) is 35.5 Å². The molecule has 0 aliphatic carbocycles. The quantitative estimate of drug-likeness (QED) is 0.363. The lowest BCUT2D eigenvalue weighted by Gasteiger charge is -2.30. The number of anilines is 2. The molecular formula is C29H35N7O. The highest BCUT2D eigenvalue weighted by Crippen LogP contribution is 2.31. The van der Waals surface area contributed by atoms with Crippen LogP contribution in [0.3, 0.4) is 0 Å². The topological polar surface area (TPSA) is 89.7 Å². The first kappa shape index (κ1) is 24.9. The predicted molar refractivity (Wildman–Crippen MR) is 149 cm³/mol. The SMILES string of the molecule is C=CCn1c(=O)c2cnc(Nc3ccc4c(c3)CCNC4C(C)C)nc2n1-c1ccnc(C(C)(C)C)c1. The molecule has 1 aromatic carbocycles. The van der Waals surface area contributed by atoms with Crippen LogP contribution in [0.15, 0.2) is 60.2 Å². The Balaban J connectivity index is 1.58. The van der Waals surface area contributed by atoms with Crippen LogP contribution in [0.5, 0.6) is 0 Å². The molecule has 0 bridgehead atoms. The number of nitrogens with zero attached hydrogens (tertiary/aromatic N) is 5. The fourth-order valence-electron chi connectivity index (χ4n) is 5.00. The normalized spacial score (nSPS) is 15.7. The standard InChI is InChI=1S/C29H35N7O/c1-7-14-35-27(37)23-17-32-28(33-20-8-9-22-19(15-20)10-12-31-25(22)18(2)3)34-26(23)36(35)21-11-13-30-24(16-21)29(4,5)6/h7-9,11,13,15-18,25,31H,1,10,12,14H2,2-6H3,(H,32,33,34). The van der Waals surface area contributed by atoms with Crippen molar-refractivity contribution in [1.29, 1.82) is 0 Å². The minimum Gasteiger partial charge on any atom is -0.324 e. The van der Waals surface area contributed by atoms with Crippen molar-refractivity contribution < 1.29 is 0 Å². The molecule has 0 fully saturated rings. The molecule has 8 nitrogen and oxygen atoms in total. The number of nitrogens with one attached hydrogen (secondary N) is 2. The van der Waals surface area contributed by atoms with Crippen LogP contribution < -0.4 is 16.2 Å². The number of rotatable bonds is 6. The summed E-state index contributed by atoms with van der Waals surface area (Å²) in [4.78, 5) is 27.1. The zero-order valence-corrected chi connectivity index (χ0v) is 22.2. The Morgan fingerprint density at radius 2 is 2.03 bits per heavy atom. The molecule has 0 saturated heterocycles. The lowest BCUT2D eigenvalue weighted by Crippen LogP contribution is -2.33. The lowest BCUT2D eigenvalue weighted by molar-refractivity contribution is 0.395. The minimum atomic E-state index is -0.156. The summed E-state index contributed by atoms with van der Waals surface area (Å²) in [6.45, 7) is 16.0. The molecule has 1 aliphatic heterocycles. The number of fused-ring (bicyclic) bond motifs is 2. The highest BCUT2D eigenvalue weighted by Gasteiger charge is 2.23. The van der Waals surface area contributed by atoms with Gasteiger partial charge in [0.1, 0.15) is 5.39 Å². The van der Waals surface area contributed by atoms with E-state index in [1.54, 1.807) is 23.2 Å². The van der Waals surface area contributed by atoms with E-state index in [9.17, 15) is 4.79 Å². The van der Waals surface area contributed by atoms with E-state index >= 15 is 0 Å². The zero-order chi connectivity index (χ0) is 26.3. The van der Waals surface area contributed by atoms with Crippen LogP contribution in [-0.4, -0.2) is 30.9 Å². The van der Waals surface area contributed by atoms with Crippen LogP contribution in [0.2, 0.25) is 0 Å². The summed E-state index contributed by atoms with van der Waals surface area (Å²) in [6.07, 6.45) is 6.07. The van der Waals surface area contributed by atoms with Crippen LogP contribution in [0.25, 0.3) is 16.7 Å². The van der Waals surface area contributed by atoms with Crippen LogP contribution in [0.4, 0.5) is 11.6 Å². The van der Waals surface area contributed by atoms with Crippen molar-refractivity contribution in [3.63, 3.8) is 0 Å². The van der Waals surface area contributed by atoms with Gasteiger partial charge in [-0.3, -0.25) is 9.78 Å². The number of hydrogen-bond acceptors (Lipinski definition) is 6. The van der Waals surface area contributed by atoms with Gasteiger partial charge in [0.15, 0.2) is 5.65 Å². The third-order valence-electron chi connectivity index (χ3n) is 6.89. The Hall–Kier alpha value is -3.78. The third kappa shape index (κ3) is 4.69. The predicted octanol–water partition coefficient (Wildman–Crippen LogP) is 5.05. The fraction of sp³-hybridized carbons (Fsp3) is 0.379. The molecule has 5 rings (SSSR count). The molecule has 4 aromatic rings. The fourth-order valence-corrected chi connectivity index (χ4v) is 5.00. The number of pyridine rings is 1. The van der Waals surface area contributed by atoms with E-state index < -0.39 is 0 Å². The van der Waals surface area contributed by atoms with Crippen LogP contribution in [-0.2, 0) is 18.4 Å². The molecule has 1 atom stereocenters. The number of hydrogen-bond donors (Lipinski definition) is 2. The van der Waals surface area contributed by atoms with Crippen LogP contribution >= 0.6 is 0 Å². The van der Waals surface area contributed by atoms with Crippen molar-refractivity contribution in [3.8, 4) is 5.69 Å². The van der Waals surface area contributed by atoms with E-state index in [1.807, 2.05) is 16.8 Å². The first-order valence-corrected chi connectivity index (χ1v) is 12.9. The first-order valence-electron chi connectivity index (χ1n) is 12.9. The van der Waals surface area contributed by atoms with Gasteiger partial charge < -0.3 is 10.6 Å². The highest BCUT2D eigenvalue weighted by atomic mass is 16.1. The van der Waals surface area contributed by atoms with Crippen molar-refractivity contribution in [3.05, 3.63) is 82.6 Å². The van der Waals surface area contributed by atoms with Gasteiger partial charge in [-0.1, -0.05) is 46.8 Å². The molecule has 0 spiro atoms. The lowest BCUT2D eigenvalue weighted by atomic mass is 9.88. The molecule has 4 heterocycles. The molecule has 0 saturated carbocycles. The van der Waals surface area contributed by atoms with Crippen molar-refractivity contribution in [1.82, 2.24) is 29.6 Å². The molecule has 0 amide bonds. The Kier molecular flexibility index (Phi) is 6.45. The van der Waals surface area contributed by atoms with Gasteiger partial charge in [-0.2, -0.15) is 4.98 Å². The minimum absolute atomic E-state index is 0.138. The average molecular weight is 498 g/mol. The van der Waals surface area contributed by atoms with E-state index in [-0.39, 0.29) is 11.0 Å². The molecule has 37 heavy (non-hydrogen) atoms. The van der Waals surface area contributed by atoms with Gasteiger partial charge in [-0.15, -0.1) is 6.58 Å². The molecule has 192 valence electrons. The van der Waals surface area contributed by atoms with Crippen molar-refractivity contribution in [2.75, 3.05) is 11.9 Å². The van der Waals surface area contributed by atoms with E-state index in [2.05, 4.69) is 80.0 Å². The summed E-state index contributed by atoms with van der Waals surface area (Å²) < 4.78 is 3.48. The molecule has 8 heteroatoms. The smallest absolute Gasteiger partial charge is 0.278 e. The number of benzene rings is 1. The Bertz CT molecular complexity index is 1520. The molecule has 0 radical (unpaired) electrons. The average Bonchev–Trinajstić information content (AvgIpc) is 3.14. The van der Waals surface area contributed by atoms with E-state index in [1.165, 1.54) is 11.1 Å². The maximum absolute atomic E-state index is 13.3. The van der Waals surface area contributed by atoms with Gasteiger partial charge in [0, 0.05) is 35.2 Å². The number of allylic oxidation sites excluding steroid dienone is 1. The van der Waals surface area contributed by atoms with Gasteiger partial charge >= 0.3 is 0 Å². The van der Waals surface area contributed by atoms with Crippen LogP contribution in [0.1, 0.15) is 57.5 Å². The van der Waals surface area contributed by atoms with Crippen molar-refractivity contribution >= 4 is 22.7 Å². The molecule has 2 N–H and O–H groups in total. The molecular weight excluding hydrogens is 462 g/mol. The molecule has 1 aliphatic rings. The van der Waals surface area contributed by atoms with Crippen molar-refractivity contribution in [2.24, 2.45) is 5.92 Å². The van der Waals surface area contributed by atoms with E-state index in [4.69, 9.17) is 4.98 Å². The van der Waals surface area contributed by atoms with Crippen LogP contribution in [0, 0.1) is 5.92 Å². The Morgan fingerprint density at radius 1 is 1.22 bits per heavy atom. The largest absolute Gasteiger partial charge is 0.324 e. The second-order valence-electron chi connectivity index (χ2n) is 11.0. The summed E-state index contributed by atoms with van der Waals surface area (Å²) in [6, 6.07) is 10.7. The van der Waals surface area contributed by atoms with Crippen molar-refractivity contribution in [2.45, 2.75) is 59.0 Å². The Labute approximate surface area is 217 Å². The van der Waals surface area contributed by atoms with Gasteiger partial charge in [-0.25, -0.2) is 14.3 Å². The third-order valence-corrected chi connectivity index (χ3v) is 6.89. The summed E-state index contributed by atoms with van der Waals surface area (Å²) in [7, 11) is 0. The maximum atomic E-state index is 13.3. The molecule has 3 aromatic heterocycles. The second-order valence-corrected chi connectivity index (χ2v) is 11.0. The van der Waals surface area contributed by atoms with Gasteiger partial charge in [0.05, 0.1) is 12.2 Å². The summed E-state index contributed by atoms with van der Waals surface area (Å²) >= 11 is 0. The zero-order valence-electron chi connectivity index (χ0n) is 22.2. The molecule has 1 unspecified atom stereocenters. The maximum Gasteiger partial charge on any atom is 0.278 e. The summed E-state index contributed by atoms with van der Waals surface area (Å²) in [5.41, 5.74) is 5.62. The summed E-state index contributed by atoms with van der Waals surface area (Å²) in [5.74, 6) is 0.961.